The zero-order valence-corrected chi connectivity index (χ0v) is 14.7. The molecule has 2 atom stereocenters. The highest BCUT2D eigenvalue weighted by atomic mass is 16.3. The monoisotopic (exact) mass is 335 g/mol. The van der Waals surface area contributed by atoms with E-state index in [9.17, 15) is 5.11 Å². The fourth-order valence-electron chi connectivity index (χ4n) is 3.87. The second kappa shape index (κ2) is 6.98. The molecule has 4 rings (SSSR count). The molecule has 0 radical (unpaired) electrons. The molecule has 3 aromatic rings. The molecule has 0 spiro atoms. The molecular weight excluding hydrogens is 310 g/mol. The van der Waals surface area contributed by atoms with Gasteiger partial charge in [-0.1, -0.05) is 42.5 Å². The van der Waals surface area contributed by atoms with Crippen LogP contribution in [-0.4, -0.2) is 27.8 Å². The van der Waals surface area contributed by atoms with Crippen molar-refractivity contribution in [2.24, 2.45) is 5.92 Å². The van der Waals surface area contributed by atoms with Gasteiger partial charge in [0.2, 0.25) is 0 Å². The Kier molecular flexibility index (Phi) is 4.55. The topological polar surface area (TPSA) is 50.1 Å². The van der Waals surface area contributed by atoms with E-state index in [0.29, 0.717) is 5.92 Å². The predicted molar refractivity (Wildman–Crippen MR) is 101 cm³/mol. The molecule has 4 nitrogen and oxygen atoms in total. The normalized spacial score (nSPS) is 20.9. The van der Waals surface area contributed by atoms with Crippen LogP contribution in [0, 0.1) is 5.92 Å². The lowest BCUT2D eigenvalue weighted by atomic mass is 9.92. The summed E-state index contributed by atoms with van der Waals surface area (Å²) in [5.74, 6) is 1.40. The fourth-order valence-corrected chi connectivity index (χ4v) is 3.87. The van der Waals surface area contributed by atoms with Gasteiger partial charge in [-0.05, 0) is 43.0 Å². The minimum Gasteiger partial charge on any atom is -0.396 e. The summed E-state index contributed by atoms with van der Waals surface area (Å²) in [4.78, 5) is 5.01. The highest BCUT2D eigenvalue weighted by Crippen LogP contribution is 2.32. The van der Waals surface area contributed by atoms with E-state index in [0.717, 1.165) is 37.4 Å². The molecule has 2 heterocycles. The second-order valence-corrected chi connectivity index (χ2v) is 6.88. The maximum atomic E-state index is 9.50. The first-order valence-electron chi connectivity index (χ1n) is 9.19. The number of aryl methyl sites for hydroxylation is 1. The number of aromatic nitrogens is 2. The Morgan fingerprint density at radius 1 is 1.20 bits per heavy atom. The van der Waals surface area contributed by atoms with Gasteiger partial charge in [0.25, 0.3) is 0 Å². The molecular formula is C21H25N3O. The van der Waals surface area contributed by atoms with Gasteiger partial charge in [0.15, 0.2) is 0 Å². The van der Waals surface area contributed by atoms with E-state index < -0.39 is 0 Å². The van der Waals surface area contributed by atoms with E-state index in [4.69, 9.17) is 4.98 Å². The van der Waals surface area contributed by atoms with Crippen molar-refractivity contribution >= 4 is 10.8 Å². The summed E-state index contributed by atoms with van der Waals surface area (Å²) >= 11 is 0. The van der Waals surface area contributed by atoms with Crippen LogP contribution >= 0.6 is 0 Å². The summed E-state index contributed by atoms with van der Waals surface area (Å²) in [6.45, 7) is 4.26. The quantitative estimate of drug-likeness (QED) is 0.763. The van der Waals surface area contributed by atoms with Crippen LogP contribution in [0.15, 0.2) is 48.7 Å². The minimum absolute atomic E-state index is 0.229. The number of nitrogens with one attached hydrogen (secondary N) is 1. The average molecular weight is 335 g/mol. The summed E-state index contributed by atoms with van der Waals surface area (Å²) in [5.41, 5.74) is 2.27. The van der Waals surface area contributed by atoms with E-state index in [1.807, 2.05) is 0 Å². The first-order valence-corrected chi connectivity index (χ1v) is 9.19. The number of rotatable bonds is 4. The Labute approximate surface area is 148 Å². The number of hydrogen-bond donors (Lipinski definition) is 2. The van der Waals surface area contributed by atoms with Gasteiger partial charge in [-0.15, -0.1) is 0 Å². The lowest BCUT2D eigenvalue weighted by molar-refractivity contribution is 0.175. The molecule has 0 bridgehead atoms. The molecule has 1 fully saturated rings. The standard InChI is InChI=1S/C21H25N3O/c1-2-24-13-20(19-12-15(14-25)10-11-22-19)23-21(24)18-9-5-7-16-6-3-4-8-17(16)18/h3-9,13,15,19,22,25H,2,10-12,14H2,1H3. The zero-order valence-electron chi connectivity index (χ0n) is 14.7. The number of aliphatic hydroxyl groups excluding tert-OH is 1. The third kappa shape index (κ3) is 3.08. The number of piperidine rings is 1. The Balaban J connectivity index is 1.76. The van der Waals surface area contributed by atoms with E-state index in [-0.39, 0.29) is 12.6 Å². The van der Waals surface area contributed by atoms with Crippen molar-refractivity contribution in [3.8, 4) is 11.4 Å². The second-order valence-electron chi connectivity index (χ2n) is 6.88. The molecule has 0 amide bonds. The predicted octanol–water partition coefficient (Wildman–Crippen LogP) is 3.76. The maximum absolute atomic E-state index is 9.50. The van der Waals surface area contributed by atoms with Crippen molar-refractivity contribution in [2.75, 3.05) is 13.2 Å². The van der Waals surface area contributed by atoms with Gasteiger partial charge in [-0.2, -0.15) is 0 Å². The minimum atomic E-state index is 0.229. The maximum Gasteiger partial charge on any atom is 0.140 e. The molecule has 1 aliphatic heterocycles. The SMILES string of the molecule is CCn1cc(C2CC(CO)CCN2)nc1-c1cccc2ccccc12. The third-order valence-electron chi connectivity index (χ3n) is 5.29. The van der Waals surface area contributed by atoms with Crippen molar-refractivity contribution in [1.82, 2.24) is 14.9 Å². The molecule has 1 aromatic heterocycles. The van der Waals surface area contributed by atoms with E-state index in [1.54, 1.807) is 0 Å². The summed E-state index contributed by atoms with van der Waals surface area (Å²) in [6.07, 6.45) is 4.17. The smallest absolute Gasteiger partial charge is 0.140 e. The largest absolute Gasteiger partial charge is 0.396 e. The molecule has 0 saturated carbocycles. The number of aliphatic hydroxyl groups is 1. The van der Waals surface area contributed by atoms with Crippen molar-refractivity contribution in [1.29, 1.82) is 0 Å². The van der Waals surface area contributed by atoms with Gasteiger partial charge in [0.05, 0.1) is 11.7 Å². The van der Waals surface area contributed by atoms with Crippen LogP contribution in [0.25, 0.3) is 22.2 Å². The first kappa shape index (κ1) is 16.3. The molecule has 4 heteroatoms. The van der Waals surface area contributed by atoms with Crippen LogP contribution in [-0.2, 0) is 6.54 Å². The molecule has 2 N–H and O–H groups in total. The Hall–Kier alpha value is -2.17. The first-order chi connectivity index (χ1) is 12.3. The van der Waals surface area contributed by atoms with Crippen LogP contribution in [0.1, 0.15) is 31.5 Å². The number of nitrogens with zero attached hydrogens (tertiary/aromatic N) is 2. The highest BCUT2D eigenvalue weighted by Gasteiger charge is 2.25. The lowest BCUT2D eigenvalue weighted by Crippen LogP contribution is -2.33. The van der Waals surface area contributed by atoms with Crippen molar-refractivity contribution < 1.29 is 5.11 Å². The van der Waals surface area contributed by atoms with Crippen LogP contribution in [0.2, 0.25) is 0 Å². The van der Waals surface area contributed by atoms with E-state index >= 15 is 0 Å². The summed E-state index contributed by atoms with van der Waals surface area (Å²) in [6, 6.07) is 15.1. The van der Waals surface area contributed by atoms with E-state index in [1.165, 1.54) is 16.3 Å². The zero-order chi connectivity index (χ0) is 17.2. The van der Waals surface area contributed by atoms with Crippen LogP contribution in [0.5, 0.6) is 0 Å². The molecule has 2 unspecified atom stereocenters. The summed E-state index contributed by atoms with van der Waals surface area (Å²) in [7, 11) is 0. The molecule has 25 heavy (non-hydrogen) atoms. The Morgan fingerprint density at radius 3 is 2.88 bits per heavy atom. The molecule has 2 aromatic carbocycles. The van der Waals surface area contributed by atoms with Crippen LogP contribution in [0.4, 0.5) is 0 Å². The van der Waals surface area contributed by atoms with E-state index in [2.05, 4.69) is 65.5 Å². The van der Waals surface area contributed by atoms with Gasteiger partial charge in [0, 0.05) is 24.9 Å². The summed E-state index contributed by atoms with van der Waals surface area (Å²) in [5, 5.41) is 15.5. The fraction of sp³-hybridized carbons (Fsp3) is 0.381. The molecule has 1 saturated heterocycles. The van der Waals surface area contributed by atoms with Gasteiger partial charge in [-0.25, -0.2) is 4.98 Å². The Morgan fingerprint density at radius 2 is 2.04 bits per heavy atom. The van der Waals surface area contributed by atoms with Crippen molar-refractivity contribution in [2.45, 2.75) is 32.4 Å². The molecule has 130 valence electrons. The third-order valence-corrected chi connectivity index (χ3v) is 5.29. The van der Waals surface area contributed by atoms with Gasteiger partial charge in [-0.3, -0.25) is 0 Å². The van der Waals surface area contributed by atoms with Gasteiger partial charge < -0.3 is 15.0 Å². The van der Waals surface area contributed by atoms with Crippen molar-refractivity contribution in [3.05, 3.63) is 54.4 Å². The molecule has 0 aliphatic carbocycles. The van der Waals surface area contributed by atoms with Gasteiger partial charge >= 0.3 is 0 Å². The average Bonchev–Trinajstić information content (AvgIpc) is 3.12. The van der Waals surface area contributed by atoms with Crippen LogP contribution < -0.4 is 5.32 Å². The Bertz CT molecular complexity index is 865. The number of imidazole rings is 1. The highest BCUT2D eigenvalue weighted by molar-refractivity contribution is 5.95. The number of hydrogen-bond acceptors (Lipinski definition) is 3. The lowest BCUT2D eigenvalue weighted by Gasteiger charge is -2.28. The van der Waals surface area contributed by atoms with Crippen molar-refractivity contribution in [3.63, 3.8) is 0 Å². The number of fused-ring (bicyclic) bond motifs is 1. The molecule has 1 aliphatic rings. The number of benzene rings is 2. The summed E-state index contributed by atoms with van der Waals surface area (Å²) < 4.78 is 2.24. The van der Waals surface area contributed by atoms with Crippen LogP contribution in [0.3, 0.4) is 0 Å². The van der Waals surface area contributed by atoms with Gasteiger partial charge in [0.1, 0.15) is 5.82 Å².